The van der Waals surface area contributed by atoms with Crippen molar-refractivity contribution in [3.8, 4) is 5.75 Å². The summed E-state index contributed by atoms with van der Waals surface area (Å²) in [6, 6.07) is 6.63. The summed E-state index contributed by atoms with van der Waals surface area (Å²) in [5, 5.41) is 2.70. The first-order valence-corrected chi connectivity index (χ1v) is 4.98. The van der Waals surface area contributed by atoms with Crippen LogP contribution in [0.25, 0.3) is 0 Å². The Bertz CT molecular complexity index is 521. The van der Waals surface area contributed by atoms with Gasteiger partial charge in [-0.3, -0.25) is 4.79 Å². The number of furan rings is 1. The lowest BCUT2D eigenvalue weighted by Crippen LogP contribution is -2.11. The van der Waals surface area contributed by atoms with E-state index in [0.717, 1.165) is 0 Å². The van der Waals surface area contributed by atoms with Gasteiger partial charge in [-0.15, -0.1) is 0 Å². The van der Waals surface area contributed by atoms with Crippen molar-refractivity contribution in [3.05, 3.63) is 42.4 Å². The molecule has 17 heavy (non-hydrogen) atoms. The van der Waals surface area contributed by atoms with Crippen molar-refractivity contribution in [1.82, 2.24) is 0 Å². The zero-order valence-electron chi connectivity index (χ0n) is 9.27. The van der Waals surface area contributed by atoms with E-state index in [0.29, 0.717) is 22.7 Å². The second-order valence-corrected chi connectivity index (χ2v) is 3.42. The summed E-state index contributed by atoms with van der Waals surface area (Å²) in [5.74, 6) is 0.328. The quantitative estimate of drug-likeness (QED) is 0.794. The molecular formula is C12H12N2O3. The number of hydrogen-bond acceptors (Lipinski definition) is 4. The molecule has 1 aromatic heterocycles. The Morgan fingerprint density at radius 3 is 2.82 bits per heavy atom. The molecule has 5 nitrogen and oxygen atoms in total. The number of carbonyl (C=O) groups is 1. The third-order valence-electron chi connectivity index (χ3n) is 2.27. The van der Waals surface area contributed by atoms with Crippen LogP contribution >= 0.6 is 0 Å². The van der Waals surface area contributed by atoms with Crippen molar-refractivity contribution >= 4 is 17.3 Å². The van der Waals surface area contributed by atoms with E-state index in [9.17, 15) is 4.79 Å². The molecule has 0 radical (unpaired) electrons. The lowest BCUT2D eigenvalue weighted by Gasteiger charge is -2.07. The van der Waals surface area contributed by atoms with Crippen molar-refractivity contribution in [2.75, 3.05) is 18.2 Å². The van der Waals surface area contributed by atoms with E-state index < -0.39 is 0 Å². The first kappa shape index (κ1) is 11.1. The van der Waals surface area contributed by atoms with Crippen LogP contribution < -0.4 is 15.8 Å². The molecule has 0 unspecified atom stereocenters. The molecule has 2 rings (SSSR count). The number of carbonyl (C=O) groups excluding carboxylic acids is 1. The van der Waals surface area contributed by atoms with Crippen LogP contribution in [0.3, 0.4) is 0 Å². The maximum absolute atomic E-state index is 11.7. The van der Waals surface area contributed by atoms with Crippen LogP contribution in [0.2, 0.25) is 0 Å². The molecule has 0 spiro atoms. The van der Waals surface area contributed by atoms with Crippen molar-refractivity contribution in [2.45, 2.75) is 0 Å². The fraction of sp³-hybridized carbons (Fsp3) is 0.0833. The van der Waals surface area contributed by atoms with Gasteiger partial charge in [-0.1, -0.05) is 0 Å². The lowest BCUT2D eigenvalue weighted by atomic mass is 10.2. The van der Waals surface area contributed by atoms with Crippen LogP contribution in [0.15, 0.2) is 41.2 Å². The minimum absolute atomic E-state index is 0.247. The van der Waals surface area contributed by atoms with Gasteiger partial charge in [-0.05, 0) is 24.3 Å². The molecule has 2 aromatic rings. The number of nitrogens with two attached hydrogens (primary N) is 1. The molecule has 1 amide bonds. The topological polar surface area (TPSA) is 77.5 Å². The van der Waals surface area contributed by atoms with Gasteiger partial charge in [0, 0.05) is 5.69 Å². The summed E-state index contributed by atoms with van der Waals surface area (Å²) in [7, 11) is 1.54. The lowest BCUT2D eigenvalue weighted by molar-refractivity contribution is 0.102. The predicted octanol–water partition coefficient (Wildman–Crippen LogP) is 2.12. The monoisotopic (exact) mass is 232 g/mol. The summed E-state index contributed by atoms with van der Waals surface area (Å²) < 4.78 is 9.85. The second kappa shape index (κ2) is 4.61. The molecule has 0 aliphatic rings. The predicted molar refractivity (Wildman–Crippen MR) is 64.1 cm³/mol. The fourth-order valence-corrected chi connectivity index (χ4v) is 1.41. The molecule has 0 bridgehead atoms. The van der Waals surface area contributed by atoms with Crippen molar-refractivity contribution < 1.29 is 13.9 Å². The zero-order valence-corrected chi connectivity index (χ0v) is 9.27. The van der Waals surface area contributed by atoms with Crippen LogP contribution in [-0.2, 0) is 0 Å². The van der Waals surface area contributed by atoms with Gasteiger partial charge in [0.1, 0.15) is 12.0 Å². The summed E-state index contributed by atoms with van der Waals surface area (Å²) in [6.45, 7) is 0. The number of rotatable bonds is 3. The average molecular weight is 232 g/mol. The summed E-state index contributed by atoms with van der Waals surface area (Å²) in [6.07, 6.45) is 2.82. The molecule has 0 atom stereocenters. The summed E-state index contributed by atoms with van der Waals surface area (Å²) in [4.78, 5) is 11.7. The SMILES string of the molecule is COc1ccc(NC(=O)c2ccoc2)cc1N. The van der Waals surface area contributed by atoms with Gasteiger partial charge in [0.15, 0.2) is 0 Å². The third kappa shape index (κ3) is 2.39. The van der Waals surface area contributed by atoms with Crippen LogP contribution in [0.5, 0.6) is 5.75 Å². The highest BCUT2D eigenvalue weighted by atomic mass is 16.5. The van der Waals surface area contributed by atoms with Gasteiger partial charge in [-0.2, -0.15) is 0 Å². The molecule has 0 aliphatic heterocycles. The van der Waals surface area contributed by atoms with Gasteiger partial charge < -0.3 is 20.2 Å². The van der Waals surface area contributed by atoms with Gasteiger partial charge in [-0.25, -0.2) is 0 Å². The Kier molecular flexibility index (Phi) is 3.00. The van der Waals surface area contributed by atoms with Crippen LogP contribution in [0, 0.1) is 0 Å². The maximum Gasteiger partial charge on any atom is 0.258 e. The van der Waals surface area contributed by atoms with Gasteiger partial charge in [0.05, 0.1) is 24.6 Å². The van der Waals surface area contributed by atoms with E-state index in [1.165, 1.54) is 19.6 Å². The Hall–Kier alpha value is -2.43. The number of amides is 1. The van der Waals surface area contributed by atoms with E-state index in [2.05, 4.69) is 5.32 Å². The van der Waals surface area contributed by atoms with E-state index >= 15 is 0 Å². The molecule has 3 N–H and O–H groups in total. The number of methoxy groups -OCH3 is 1. The average Bonchev–Trinajstić information content (AvgIpc) is 2.82. The van der Waals surface area contributed by atoms with Crippen molar-refractivity contribution in [3.63, 3.8) is 0 Å². The number of nitrogen functional groups attached to an aromatic ring is 1. The largest absolute Gasteiger partial charge is 0.495 e. The highest BCUT2D eigenvalue weighted by Crippen LogP contribution is 2.24. The van der Waals surface area contributed by atoms with Crippen molar-refractivity contribution in [1.29, 1.82) is 0 Å². The van der Waals surface area contributed by atoms with Crippen LogP contribution in [0.1, 0.15) is 10.4 Å². The molecule has 0 saturated carbocycles. The number of hydrogen-bond donors (Lipinski definition) is 2. The van der Waals surface area contributed by atoms with E-state index in [1.807, 2.05) is 0 Å². The van der Waals surface area contributed by atoms with Gasteiger partial charge >= 0.3 is 0 Å². The molecular weight excluding hydrogens is 220 g/mol. The van der Waals surface area contributed by atoms with Crippen LogP contribution in [-0.4, -0.2) is 13.0 Å². The molecule has 0 aliphatic carbocycles. The van der Waals surface area contributed by atoms with Gasteiger partial charge in [0.25, 0.3) is 5.91 Å². The molecule has 1 aromatic carbocycles. The number of nitrogens with one attached hydrogen (secondary N) is 1. The highest BCUT2D eigenvalue weighted by molar-refractivity contribution is 6.04. The molecule has 1 heterocycles. The van der Waals surface area contributed by atoms with E-state index in [-0.39, 0.29) is 5.91 Å². The normalized spacial score (nSPS) is 9.94. The summed E-state index contributed by atoms with van der Waals surface area (Å²) in [5.41, 5.74) is 7.27. The zero-order chi connectivity index (χ0) is 12.3. The number of benzene rings is 1. The Morgan fingerprint density at radius 2 is 2.24 bits per heavy atom. The molecule has 0 saturated heterocycles. The van der Waals surface area contributed by atoms with Gasteiger partial charge in [0.2, 0.25) is 0 Å². The highest BCUT2D eigenvalue weighted by Gasteiger charge is 2.08. The number of anilines is 2. The van der Waals surface area contributed by atoms with E-state index in [1.54, 1.807) is 24.3 Å². The molecule has 5 heteroatoms. The third-order valence-corrected chi connectivity index (χ3v) is 2.27. The molecule has 88 valence electrons. The molecule has 0 fully saturated rings. The fourth-order valence-electron chi connectivity index (χ4n) is 1.41. The Balaban J connectivity index is 2.14. The minimum atomic E-state index is -0.247. The smallest absolute Gasteiger partial charge is 0.258 e. The first-order valence-electron chi connectivity index (χ1n) is 4.98. The summed E-state index contributed by atoms with van der Waals surface area (Å²) >= 11 is 0. The Morgan fingerprint density at radius 1 is 1.41 bits per heavy atom. The van der Waals surface area contributed by atoms with E-state index in [4.69, 9.17) is 14.9 Å². The first-order chi connectivity index (χ1) is 8.20. The van der Waals surface area contributed by atoms with Crippen LogP contribution in [0.4, 0.5) is 11.4 Å². The van der Waals surface area contributed by atoms with Crippen molar-refractivity contribution in [2.24, 2.45) is 0 Å². The maximum atomic E-state index is 11.7. The minimum Gasteiger partial charge on any atom is -0.495 e. The Labute approximate surface area is 98.2 Å². The second-order valence-electron chi connectivity index (χ2n) is 3.42. The number of ether oxygens (including phenoxy) is 1. The standard InChI is InChI=1S/C12H12N2O3/c1-16-11-3-2-9(6-10(11)13)14-12(15)8-4-5-17-7-8/h2-7H,13H2,1H3,(H,14,15).